The van der Waals surface area contributed by atoms with E-state index < -0.39 is 5.97 Å². The number of carboxylic acids is 1. The van der Waals surface area contributed by atoms with Gasteiger partial charge in [-0.2, -0.15) is 5.26 Å². The van der Waals surface area contributed by atoms with E-state index in [0.717, 1.165) is 11.3 Å². The smallest absolute Gasteiger partial charge is 0.347 e. The summed E-state index contributed by atoms with van der Waals surface area (Å²) in [6, 6.07) is 4.88. The standard InChI is InChI=1S/C14H12N2O4S/c1-3-20-10-5-8(4-9(6-15)11(10)17)13-16-7(2)12(21-13)14(18)19/h4-5,17H,3H2,1-2H3,(H,18,19). The number of hydrogen-bond acceptors (Lipinski definition) is 6. The fourth-order valence-electron chi connectivity index (χ4n) is 1.80. The molecular weight excluding hydrogens is 292 g/mol. The maximum atomic E-state index is 11.1. The molecule has 0 aliphatic rings. The van der Waals surface area contributed by atoms with Crippen molar-refractivity contribution >= 4 is 17.3 Å². The minimum absolute atomic E-state index is 0.0562. The first-order chi connectivity index (χ1) is 9.97. The quantitative estimate of drug-likeness (QED) is 0.900. The molecule has 0 amide bonds. The number of aromatic nitrogens is 1. The van der Waals surface area contributed by atoms with Gasteiger partial charge >= 0.3 is 5.97 Å². The number of hydrogen-bond donors (Lipinski definition) is 2. The van der Waals surface area contributed by atoms with Gasteiger partial charge in [-0.1, -0.05) is 0 Å². The van der Waals surface area contributed by atoms with E-state index in [4.69, 9.17) is 15.1 Å². The molecule has 0 aliphatic carbocycles. The molecule has 6 nitrogen and oxygen atoms in total. The number of phenols is 1. The van der Waals surface area contributed by atoms with Gasteiger partial charge in [-0.25, -0.2) is 9.78 Å². The highest BCUT2D eigenvalue weighted by atomic mass is 32.1. The highest BCUT2D eigenvalue weighted by molar-refractivity contribution is 7.17. The molecule has 0 bridgehead atoms. The molecule has 7 heteroatoms. The molecule has 0 saturated heterocycles. The van der Waals surface area contributed by atoms with Crippen LogP contribution in [0.3, 0.4) is 0 Å². The van der Waals surface area contributed by atoms with Crippen molar-refractivity contribution in [2.75, 3.05) is 6.61 Å². The van der Waals surface area contributed by atoms with E-state index in [1.807, 2.05) is 6.07 Å². The average molecular weight is 304 g/mol. The van der Waals surface area contributed by atoms with E-state index in [1.54, 1.807) is 19.9 Å². The molecule has 0 aliphatic heterocycles. The van der Waals surface area contributed by atoms with Crippen LogP contribution >= 0.6 is 11.3 Å². The van der Waals surface area contributed by atoms with Crippen LogP contribution in [0.2, 0.25) is 0 Å². The zero-order chi connectivity index (χ0) is 15.6. The number of nitriles is 1. The van der Waals surface area contributed by atoms with Crippen LogP contribution in [-0.2, 0) is 0 Å². The number of aromatic hydroxyl groups is 1. The molecule has 0 spiro atoms. The Morgan fingerprint density at radius 3 is 2.76 bits per heavy atom. The molecule has 2 N–H and O–H groups in total. The molecule has 1 heterocycles. The second-order valence-electron chi connectivity index (χ2n) is 4.15. The lowest BCUT2D eigenvalue weighted by molar-refractivity contribution is 0.0701. The molecule has 108 valence electrons. The van der Waals surface area contributed by atoms with Crippen LogP contribution < -0.4 is 4.74 Å². The monoisotopic (exact) mass is 304 g/mol. The zero-order valence-corrected chi connectivity index (χ0v) is 12.2. The van der Waals surface area contributed by atoms with Gasteiger partial charge in [0.2, 0.25) is 0 Å². The van der Waals surface area contributed by atoms with Gasteiger partial charge in [0, 0.05) is 5.56 Å². The lowest BCUT2D eigenvalue weighted by Crippen LogP contribution is -1.94. The summed E-state index contributed by atoms with van der Waals surface area (Å²) in [6.07, 6.45) is 0. The first-order valence-corrected chi connectivity index (χ1v) is 6.90. The number of aromatic carboxylic acids is 1. The van der Waals surface area contributed by atoms with Gasteiger partial charge in [-0.05, 0) is 26.0 Å². The normalized spacial score (nSPS) is 10.1. The Bertz CT molecular complexity index is 746. The van der Waals surface area contributed by atoms with Crippen molar-refractivity contribution in [3.63, 3.8) is 0 Å². The average Bonchev–Trinajstić information content (AvgIpc) is 2.83. The fourth-order valence-corrected chi connectivity index (χ4v) is 2.69. The third-order valence-corrected chi connectivity index (χ3v) is 3.93. The van der Waals surface area contributed by atoms with Gasteiger partial charge < -0.3 is 14.9 Å². The van der Waals surface area contributed by atoms with Gasteiger partial charge in [-0.3, -0.25) is 0 Å². The Labute approximate surface area is 124 Å². The van der Waals surface area contributed by atoms with Gasteiger partial charge in [0.25, 0.3) is 0 Å². The number of thiazole rings is 1. The van der Waals surface area contributed by atoms with E-state index in [-0.39, 0.29) is 21.9 Å². The minimum Gasteiger partial charge on any atom is -0.503 e. The van der Waals surface area contributed by atoms with Crippen molar-refractivity contribution in [1.82, 2.24) is 4.98 Å². The number of carbonyl (C=O) groups is 1. The molecule has 1 aromatic carbocycles. The van der Waals surface area contributed by atoms with Crippen molar-refractivity contribution in [3.05, 3.63) is 28.3 Å². The number of nitrogens with zero attached hydrogens (tertiary/aromatic N) is 2. The van der Waals surface area contributed by atoms with Crippen molar-refractivity contribution in [3.8, 4) is 28.1 Å². The molecule has 0 fully saturated rings. The molecule has 2 aromatic rings. The van der Waals surface area contributed by atoms with Crippen LogP contribution in [0, 0.1) is 18.3 Å². The molecule has 21 heavy (non-hydrogen) atoms. The van der Waals surface area contributed by atoms with Crippen LogP contribution in [0.4, 0.5) is 0 Å². The van der Waals surface area contributed by atoms with E-state index in [0.29, 0.717) is 22.9 Å². The molecule has 2 rings (SSSR count). The van der Waals surface area contributed by atoms with Crippen LogP contribution in [0.5, 0.6) is 11.5 Å². The number of phenolic OH excluding ortho intramolecular Hbond substituents is 1. The first kappa shape index (κ1) is 14.8. The maximum Gasteiger partial charge on any atom is 0.347 e. The highest BCUT2D eigenvalue weighted by Gasteiger charge is 2.18. The molecule has 1 aromatic heterocycles. The summed E-state index contributed by atoms with van der Waals surface area (Å²) in [7, 11) is 0. The summed E-state index contributed by atoms with van der Waals surface area (Å²) in [5.74, 6) is -1.09. The molecule has 0 atom stereocenters. The first-order valence-electron chi connectivity index (χ1n) is 6.09. The number of aryl methyl sites for hydroxylation is 1. The second kappa shape index (κ2) is 5.81. The topological polar surface area (TPSA) is 103 Å². The van der Waals surface area contributed by atoms with E-state index in [9.17, 15) is 9.90 Å². The number of ether oxygens (including phenoxy) is 1. The van der Waals surface area contributed by atoms with Crippen LogP contribution in [0.1, 0.15) is 27.9 Å². The van der Waals surface area contributed by atoms with Gasteiger partial charge in [0.1, 0.15) is 16.0 Å². The van der Waals surface area contributed by atoms with Gasteiger partial charge in [-0.15, -0.1) is 11.3 Å². The maximum absolute atomic E-state index is 11.1. The number of carboxylic acid groups (broad SMARTS) is 1. The zero-order valence-electron chi connectivity index (χ0n) is 11.4. The third kappa shape index (κ3) is 2.80. The highest BCUT2D eigenvalue weighted by Crippen LogP contribution is 2.37. The van der Waals surface area contributed by atoms with Crippen LogP contribution in [0.25, 0.3) is 10.6 Å². The van der Waals surface area contributed by atoms with Crippen molar-refractivity contribution in [1.29, 1.82) is 5.26 Å². The van der Waals surface area contributed by atoms with Crippen molar-refractivity contribution in [2.45, 2.75) is 13.8 Å². The predicted molar refractivity (Wildman–Crippen MR) is 76.8 cm³/mol. The summed E-state index contributed by atoms with van der Waals surface area (Å²) in [6.45, 7) is 3.70. The molecule has 0 radical (unpaired) electrons. The fraction of sp³-hybridized carbons (Fsp3) is 0.214. The summed E-state index contributed by atoms with van der Waals surface area (Å²) in [5.41, 5.74) is 1.00. The summed E-state index contributed by atoms with van der Waals surface area (Å²) in [4.78, 5) is 15.4. The Hall–Kier alpha value is -2.59. The third-order valence-electron chi connectivity index (χ3n) is 2.73. The Morgan fingerprint density at radius 1 is 1.52 bits per heavy atom. The Kier molecular flexibility index (Phi) is 4.10. The minimum atomic E-state index is -1.04. The van der Waals surface area contributed by atoms with Crippen LogP contribution in [0.15, 0.2) is 12.1 Å². The SMILES string of the molecule is CCOc1cc(-c2nc(C)c(C(=O)O)s2)cc(C#N)c1O. The lowest BCUT2D eigenvalue weighted by atomic mass is 10.1. The predicted octanol–water partition coefficient (Wildman–Crippen LogP) is 2.79. The Balaban J connectivity index is 2.59. The molecule has 0 saturated carbocycles. The number of benzene rings is 1. The largest absolute Gasteiger partial charge is 0.503 e. The van der Waals surface area contributed by atoms with Crippen molar-refractivity contribution < 1.29 is 19.7 Å². The summed E-state index contributed by atoms with van der Waals surface area (Å²) >= 11 is 1.02. The molecule has 0 unspecified atom stereocenters. The number of rotatable bonds is 4. The van der Waals surface area contributed by atoms with E-state index >= 15 is 0 Å². The van der Waals surface area contributed by atoms with Gasteiger partial charge in [0.05, 0.1) is 17.9 Å². The van der Waals surface area contributed by atoms with Crippen molar-refractivity contribution in [2.24, 2.45) is 0 Å². The van der Waals surface area contributed by atoms with Gasteiger partial charge in [0.15, 0.2) is 11.5 Å². The summed E-state index contributed by atoms with van der Waals surface area (Å²) in [5, 5.41) is 28.5. The van der Waals surface area contributed by atoms with E-state index in [1.165, 1.54) is 6.07 Å². The lowest BCUT2D eigenvalue weighted by Gasteiger charge is -2.08. The second-order valence-corrected chi connectivity index (χ2v) is 5.15. The Morgan fingerprint density at radius 2 is 2.24 bits per heavy atom. The van der Waals surface area contributed by atoms with Crippen LogP contribution in [-0.4, -0.2) is 27.8 Å². The molecular formula is C14H12N2O4S. The summed E-state index contributed by atoms with van der Waals surface area (Å²) < 4.78 is 5.29. The van der Waals surface area contributed by atoms with E-state index in [2.05, 4.69) is 4.98 Å².